The summed E-state index contributed by atoms with van der Waals surface area (Å²) in [5.41, 5.74) is 5.00. The number of hydrogen-bond acceptors (Lipinski definition) is 2. The van der Waals surface area contributed by atoms with Gasteiger partial charge in [-0.25, -0.2) is 0 Å². The molecule has 2 N–H and O–H groups in total. The van der Waals surface area contributed by atoms with Gasteiger partial charge in [-0.3, -0.25) is 4.79 Å². The molecule has 3 rings (SSSR count). The van der Waals surface area contributed by atoms with Crippen molar-refractivity contribution in [2.24, 2.45) is 0 Å². The molecule has 0 radical (unpaired) electrons. The van der Waals surface area contributed by atoms with Crippen LogP contribution in [-0.2, 0) is 17.8 Å². The molecule has 0 heterocycles. The lowest BCUT2D eigenvalue weighted by atomic mass is 9.88. The van der Waals surface area contributed by atoms with Crippen LogP contribution in [0.25, 0.3) is 0 Å². The first-order valence-electron chi connectivity index (χ1n) is 9.39. The molecular weight excluding hydrogens is 324 g/mol. The van der Waals surface area contributed by atoms with E-state index in [9.17, 15) is 4.79 Å². The second kappa shape index (κ2) is 8.37. The first-order valence-corrected chi connectivity index (χ1v) is 9.39. The molecule has 0 saturated carbocycles. The molecule has 2 aromatic carbocycles. The molecule has 4 heteroatoms. The smallest absolute Gasteiger partial charge is 0.275 e. The Morgan fingerprint density at radius 1 is 1.27 bits per heavy atom. The highest BCUT2D eigenvalue weighted by Gasteiger charge is 2.22. The minimum absolute atomic E-state index is 0.107. The third kappa shape index (κ3) is 4.44. The van der Waals surface area contributed by atoms with E-state index in [0.717, 1.165) is 42.0 Å². The minimum Gasteiger partial charge on any atom is -0.496 e. The summed E-state index contributed by atoms with van der Waals surface area (Å²) in [5.74, 6) is 0.993. The van der Waals surface area contributed by atoms with Gasteiger partial charge < -0.3 is 15.0 Å². The molecule has 2 aromatic rings. The number of nitrogens with one attached hydrogen (secondary N) is 2. The molecule has 1 aliphatic carbocycles. The van der Waals surface area contributed by atoms with Gasteiger partial charge in [0.25, 0.3) is 5.91 Å². The van der Waals surface area contributed by atoms with Gasteiger partial charge in [0.15, 0.2) is 6.54 Å². The van der Waals surface area contributed by atoms with Crippen LogP contribution in [0.3, 0.4) is 0 Å². The van der Waals surface area contributed by atoms with Gasteiger partial charge in [-0.05, 0) is 49.4 Å². The Labute approximate surface area is 156 Å². The van der Waals surface area contributed by atoms with Gasteiger partial charge in [0.2, 0.25) is 0 Å². The molecule has 1 amide bonds. The third-order valence-electron chi connectivity index (χ3n) is 5.10. The molecule has 0 aromatic heterocycles. The second-order valence-corrected chi connectivity index (χ2v) is 7.34. The van der Waals surface area contributed by atoms with E-state index in [4.69, 9.17) is 4.74 Å². The van der Waals surface area contributed by atoms with Crippen molar-refractivity contribution in [1.82, 2.24) is 5.32 Å². The maximum atomic E-state index is 12.6. The van der Waals surface area contributed by atoms with E-state index < -0.39 is 0 Å². The summed E-state index contributed by atoms with van der Waals surface area (Å²) in [6.07, 6.45) is 3.26. The van der Waals surface area contributed by atoms with Gasteiger partial charge in [0.05, 0.1) is 20.2 Å². The third-order valence-corrected chi connectivity index (χ3v) is 5.10. The van der Waals surface area contributed by atoms with Crippen LogP contribution in [0.5, 0.6) is 5.75 Å². The number of methoxy groups -OCH3 is 1. The van der Waals surface area contributed by atoms with E-state index in [0.29, 0.717) is 6.54 Å². The maximum Gasteiger partial charge on any atom is 0.275 e. The number of carbonyl (C=O) groups is 1. The zero-order chi connectivity index (χ0) is 18.5. The lowest BCUT2D eigenvalue weighted by molar-refractivity contribution is -0.885. The summed E-state index contributed by atoms with van der Waals surface area (Å²) in [6.45, 7) is 3.29. The fourth-order valence-corrected chi connectivity index (χ4v) is 3.86. The quantitative estimate of drug-likeness (QED) is 0.836. The molecule has 1 unspecified atom stereocenters. The first kappa shape index (κ1) is 18.5. The van der Waals surface area contributed by atoms with Crippen molar-refractivity contribution in [2.45, 2.75) is 38.8 Å². The topological polar surface area (TPSA) is 42.8 Å². The second-order valence-electron chi connectivity index (χ2n) is 7.34. The van der Waals surface area contributed by atoms with E-state index in [-0.39, 0.29) is 11.9 Å². The van der Waals surface area contributed by atoms with E-state index in [1.807, 2.05) is 12.1 Å². The number of benzene rings is 2. The Morgan fingerprint density at radius 2 is 2.08 bits per heavy atom. The monoisotopic (exact) mass is 353 g/mol. The fraction of sp³-hybridized carbons (Fsp3) is 0.409. The Balaban J connectivity index is 1.60. The normalized spacial score (nSPS) is 17.3. The lowest BCUT2D eigenvalue weighted by Gasteiger charge is -2.26. The van der Waals surface area contributed by atoms with Gasteiger partial charge in [-0.15, -0.1) is 0 Å². The molecule has 0 spiro atoms. The average Bonchev–Trinajstić information content (AvgIpc) is 2.62. The Kier molecular flexibility index (Phi) is 5.94. The van der Waals surface area contributed by atoms with Crippen LogP contribution < -0.4 is 15.0 Å². The van der Waals surface area contributed by atoms with Crippen molar-refractivity contribution >= 4 is 5.91 Å². The van der Waals surface area contributed by atoms with Gasteiger partial charge in [-0.1, -0.05) is 35.9 Å². The van der Waals surface area contributed by atoms with E-state index in [1.54, 1.807) is 7.11 Å². The largest absolute Gasteiger partial charge is 0.496 e. The van der Waals surface area contributed by atoms with E-state index >= 15 is 0 Å². The number of fused-ring (bicyclic) bond motifs is 1. The molecular formula is C22H29N2O2+. The van der Waals surface area contributed by atoms with Crippen molar-refractivity contribution in [2.75, 3.05) is 20.7 Å². The Hall–Kier alpha value is -2.33. The van der Waals surface area contributed by atoms with Gasteiger partial charge in [0, 0.05) is 5.56 Å². The number of aryl methyl sites for hydroxylation is 2. The number of rotatable bonds is 6. The van der Waals surface area contributed by atoms with Crippen molar-refractivity contribution in [3.8, 4) is 5.75 Å². The number of ether oxygens (including phenoxy) is 1. The zero-order valence-electron chi connectivity index (χ0n) is 16.0. The molecule has 26 heavy (non-hydrogen) atoms. The molecule has 0 bridgehead atoms. The van der Waals surface area contributed by atoms with Crippen LogP contribution in [0.15, 0.2) is 42.5 Å². The molecule has 1 aliphatic rings. The standard InChI is InChI=1S/C22H28N2O2/c1-16-11-12-21(26-3)18(13-16)14-24(2)15-22(25)23-20-10-6-8-17-7-4-5-9-19(17)20/h4-5,7,9,11-13,20H,6,8,10,14-15H2,1-3H3,(H,23,25)/p+1/t20-/m0/s1. The maximum absolute atomic E-state index is 12.6. The SMILES string of the molecule is COc1ccc(C)cc1C[NH+](C)CC(=O)N[C@H]1CCCc2ccccc21. The van der Waals surface area contributed by atoms with Crippen LogP contribution in [0.2, 0.25) is 0 Å². The average molecular weight is 353 g/mol. The highest BCUT2D eigenvalue weighted by atomic mass is 16.5. The highest BCUT2D eigenvalue weighted by Crippen LogP contribution is 2.29. The summed E-state index contributed by atoms with van der Waals surface area (Å²) in [5, 5.41) is 3.24. The molecule has 2 atom stereocenters. The molecule has 0 fully saturated rings. The zero-order valence-corrected chi connectivity index (χ0v) is 16.0. The van der Waals surface area contributed by atoms with E-state index in [2.05, 4.69) is 49.6 Å². The summed E-state index contributed by atoms with van der Waals surface area (Å²) >= 11 is 0. The summed E-state index contributed by atoms with van der Waals surface area (Å²) in [4.78, 5) is 13.7. The summed E-state index contributed by atoms with van der Waals surface area (Å²) in [6, 6.07) is 14.8. The molecule has 138 valence electrons. The number of quaternary nitrogens is 1. The van der Waals surface area contributed by atoms with Gasteiger partial charge in [-0.2, -0.15) is 0 Å². The predicted molar refractivity (Wildman–Crippen MR) is 103 cm³/mol. The van der Waals surface area contributed by atoms with Crippen molar-refractivity contribution in [1.29, 1.82) is 0 Å². The van der Waals surface area contributed by atoms with Gasteiger partial charge in [0.1, 0.15) is 12.3 Å². The lowest BCUT2D eigenvalue weighted by Crippen LogP contribution is -3.08. The summed E-state index contributed by atoms with van der Waals surface area (Å²) < 4.78 is 5.45. The van der Waals surface area contributed by atoms with Crippen LogP contribution in [0.1, 0.15) is 41.1 Å². The highest BCUT2D eigenvalue weighted by molar-refractivity contribution is 5.77. The van der Waals surface area contributed by atoms with Crippen LogP contribution in [0.4, 0.5) is 0 Å². The Morgan fingerprint density at radius 3 is 2.88 bits per heavy atom. The number of carbonyl (C=O) groups excluding carboxylic acids is 1. The van der Waals surface area contributed by atoms with Crippen molar-refractivity contribution < 1.29 is 14.4 Å². The summed E-state index contributed by atoms with van der Waals surface area (Å²) in [7, 11) is 3.74. The number of likely N-dealkylation sites (N-methyl/N-ethyl adjacent to an activating group) is 1. The van der Waals surface area contributed by atoms with Crippen LogP contribution in [0, 0.1) is 6.92 Å². The van der Waals surface area contributed by atoms with Gasteiger partial charge >= 0.3 is 0 Å². The molecule has 0 saturated heterocycles. The Bertz CT molecular complexity index is 772. The minimum atomic E-state index is 0.107. The van der Waals surface area contributed by atoms with E-state index in [1.165, 1.54) is 16.7 Å². The van der Waals surface area contributed by atoms with Crippen LogP contribution in [-0.4, -0.2) is 26.6 Å². The predicted octanol–water partition coefficient (Wildman–Crippen LogP) is 2.21. The number of hydrogen-bond donors (Lipinski definition) is 2. The molecule has 4 nitrogen and oxygen atoms in total. The fourth-order valence-electron chi connectivity index (χ4n) is 3.86. The van der Waals surface area contributed by atoms with Crippen LogP contribution >= 0.6 is 0 Å². The first-order chi connectivity index (χ1) is 12.6. The molecule has 0 aliphatic heterocycles. The number of amides is 1. The van der Waals surface area contributed by atoms with Crippen molar-refractivity contribution in [3.63, 3.8) is 0 Å². The van der Waals surface area contributed by atoms with Crippen molar-refractivity contribution in [3.05, 3.63) is 64.7 Å².